The predicted octanol–water partition coefficient (Wildman–Crippen LogP) is 3.31. The SMILES string of the molecule is CCCNC(COCCC)Cc1c(Br)c(C)nn1CC. The van der Waals surface area contributed by atoms with Crippen LogP contribution in [0.3, 0.4) is 0 Å². The minimum absolute atomic E-state index is 0.346. The molecule has 0 aliphatic carbocycles. The quantitative estimate of drug-likeness (QED) is 0.661. The van der Waals surface area contributed by atoms with E-state index in [2.05, 4.69) is 51.8 Å². The number of hydrogen-bond donors (Lipinski definition) is 1. The van der Waals surface area contributed by atoms with E-state index in [-0.39, 0.29) is 0 Å². The van der Waals surface area contributed by atoms with E-state index in [1.54, 1.807) is 0 Å². The predicted molar refractivity (Wildman–Crippen MR) is 87.2 cm³/mol. The standard InChI is InChI=1S/C15H28BrN3O/c1-5-8-17-13(11-20-9-6-2)10-14-15(16)12(4)18-19(14)7-3/h13,17H,5-11H2,1-4H3. The van der Waals surface area contributed by atoms with Crippen molar-refractivity contribution in [2.75, 3.05) is 19.8 Å². The Morgan fingerprint density at radius 2 is 2.05 bits per heavy atom. The van der Waals surface area contributed by atoms with Gasteiger partial charge in [0.25, 0.3) is 0 Å². The van der Waals surface area contributed by atoms with Gasteiger partial charge in [0.1, 0.15) is 0 Å². The van der Waals surface area contributed by atoms with Gasteiger partial charge >= 0.3 is 0 Å². The minimum atomic E-state index is 0.346. The summed E-state index contributed by atoms with van der Waals surface area (Å²) < 4.78 is 8.95. The third kappa shape index (κ3) is 5.19. The van der Waals surface area contributed by atoms with E-state index in [0.717, 1.165) is 55.7 Å². The van der Waals surface area contributed by atoms with Crippen LogP contribution in [0, 0.1) is 6.92 Å². The van der Waals surface area contributed by atoms with Gasteiger partial charge in [0.2, 0.25) is 0 Å². The molecule has 5 heteroatoms. The average Bonchev–Trinajstić information content (AvgIpc) is 2.72. The second kappa shape index (κ2) is 9.53. The third-order valence-electron chi connectivity index (χ3n) is 3.24. The topological polar surface area (TPSA) is 39.1 Å². The van der Waals surface area contributed by atoms with Gasteiger partial charge < -0.3 is 10.1 Å². The Morgan fingerprint density at radius 1 is 1.30 bits per heavy atom. The van der Waals surface area contributed by atoms with Gasteiger partial charge in [-0.05, 0) is 49.2 Å². The van der Waals surface area contributed by atoms with Crippen molar-refractivity contribution >= 4 is 15.9 Å². The van der Waals surface area contributed by atoms with Crippen molar-refractivity contribution in [3.8, 4) is 0 Å². The molecule has 0 aliphatic heterocycles. The van der Waals surface area contributed by atoms with Gasteiger partial charge in [-0.1, -0.05) is 13.8 Å². The molecular weight excluding hydrogens is 318 g/mol. The maximum Gasteiger partial charge on any atom is 0.0738 e. The Hall–Kier alpha value is -0.390. The van der Waals surface area contributed by atoms with Crippen LogP contribution in [0.15, 0.2) is 4.47 Å². The van der Waals surface area contributed by atoms with Crippen LogP contribution in [-0.2, 0) is 17.7 Å². The second-order valence-electron chi connectivity index (χ2n) is 5.09. The van der Waals surface area contributed by atoms with Crippen LogP contribution in [0.1, 0.15) is 45.0 Å². The first-order valence-electron chi connectivity index (χ1n) is 7.66. The molecular formula is C15H28BrN3O. The maximum atomic E-state index is 5.73. The van der Waals surface area contributed by atoms with E-state index >= 15 is 0 Å². The molecule has 1 unspecified atom stereocenters. The van der Waals surface area contributed by atoms with Crippen LogP contribution < -0.4 is 5.32 Å². The Kier molecular flexibility index (Phi) is 8.41. The number of ether oxygens (including phenoxy) is 1. The highest BCUT2D eigenvalue weighted by Gasteiger charge is 2.17. The zero-order valence-corrected chi connectivity index (χ0v) is 14.8. The molecule has 0 spiro atoms. The first-order valence-corrected chi connectivity index (χ1v) is 8.46. The zero-order valence-electron chi connectivity index (χ0n) is 13.2. The fraction of sp³-hybridized carbons (Fsp3) is 0.800. The van der Waals surface area contributed by atoms with Crippen molar-refractivity contribution in [1.82, 2.24) is 15.1 Å². The molecule has 0 aromatic carbocycles. The number of halogens is 1. The molecule has 1 heterocycles. The Labute approximate surface area is 131 Å². The van der Waals surface area contributed by atoms with E-state index in [4.69, 9.17) is 4.74 Å². The number of hydrogen-bond acceptors (Lipinski definition) is 3. The largest absolute Gasteiger partial charge is 0.380 e. The van der Waals surface area contributed by atoms with Crippen LogP contribution in [0.4, 0.5) is 0 Å². The normalized spacial score (nSPS) is 12.8. The molecule has 1 rings (SSSR count). The number of nitrogens with one attached hydrogen (secondary N) is 1. The maximum absolute atomic E-state index is 5.73. The smallest absolute Gasteiger partial charge is 0.0738 e. The molecule has 0 aliphatic rings. The molecule has 0 saturated heterocycles. The summed E-state index contributed by atoms with van der Waals surface area (Å²) in [7, 11) is 0. The van der Waals surface area contributed by atoms with Gasteiger partial charge in [-0.3, -0.25) is 4.68 Å². The lowest BCUT2D eigenvalue weighted by Gasteiger charge is -2.19. The average molecular weight is 346 g/mol. The lowest BCUT2D eigenvalue weighted by Crippen LogP contribution is -2.36. The van der Waals surface area contributed by atoms with Crippen molar-refractivity contribution in [3.63, 3.8) is 0 Å². The Bertz CT molecular complexity index is 393. The van der Waals surface area contributed by atoms with Crippen LogP contribution in [0.2, 0.25) is 0 Å². The molecule has 0 amide bonds. The molecule has 116 valence electrons. The molecule has 1 aromatic rings. The van der Waals surface area contributed by atoms with E-state index < -0.39 is 0 Å². The lowest BCUT2D eigenvalue weighted by molar-refractivity contribution is 0.111. The second-order valence-corrected chi connectivity index (χ2v) is 5.88. The van der Waals surface area contributed by atoms with Crippen LogP contribution in [0.5, 0.6) is 0 Å². The van der Waals surface area contributed by atoms with E-state index in [0.29, 0.717) is 6.04 Å². The summed E-state index contributed by atoms with van der Waals surface area (Å²) >= 11 is 3.67. The molecule has 1 N–H and O–H groups in total. The fourth-order valence-corrected chi connectivity index (χ4v) is 2.65. The van der Waals surface area contributed by atoms with Crippen molar-refractivity contribution in [3.05, 3.63) is 15.9 Å². The minimum Gasteiger partial charge on any atom is -0.380 e. The van der Waals surface area contributed by atoms with E-state index in [1.165, 1.54) is 5.69 Å². The summed E-state index contributed by atoms with van der Waals surface area (Å²) in [5.41, 5.74) is 2.32. The molecule has 0 bridgehead atoms. The Morgan fingerprint density at radius 3 is 2.65 bits per heavy atom. The monoisotopic (exact) mass is 345 g/mol. The van der Waals surface area contributed by atoms with Gasteiger partial charge in [-0.15, -0.1) is 0 Å². The number of nitrogens with zero attached hydrogens (tertiary/aromatic N) is 2. The number of aryl methyl sites for hydroxylation is 2. The zero-order chi connectivity index (χ0) is 15.0. The highest BCUT2D eigenvalue weighted by molar-refractivity contribution is 9.10. The fourth-order valence-electron chi connectivity index (χ4n) is 2.21. The van der Waals surface area contributed by atoms with Gasteiger partial charge in [-0.2, -0.15) is 5.10 Å². The lowest BCUT2D eigenvalue weighted by atomic mass is 10.1. The van der Waals surface area contributed by atoms with Crippen LogP contribution in [0.25, 0.3) is 0 Å². The van der Waals surface area contributed by atoms with Crippen molar-refractivity contribution in [2.45, 2.75) is 59.5 Å². The van der Waals surface area contributed by atoms with E-state index in [1.807, 2.05) is 6.92 Å². The molecule has 0 fully saturated rings. The van der Waals surface area contributed by atoms with E-state index in [9.17, 15) is 0 Å². The molecule has 1 atom stereocenters. The van der Waals surface area contributed by atoms with Crippen molar-refractivity contribution < 1.29 is 4.74 Å². The van der Waals surface area contributed by atoms with Gasteiger partial charge in [0.15, 0.2) is 0 Å². The van der Waals surface area contributed by atoms with Crippen LogP contribution >= 0.6 is 15.9 Å². The highest BCUT2D eigenvalue weighted by Crippen LogP contribution is 2.22. The van der Waals surface area contributed by atoms with Gasteiger partial charge in [0.05, 0.1) is 22.5 Å². The summed E-state index contributed by atoms with van der Waals surface area (Å²) in [6, 6.07) is 0.346. The number of rotatable bonds is 10. The molecule has 0 radical (unpaired) electrons. The molecule has 0 saturated carbocycles. The molecule has 1 aromatic heterocycles. The van der Waals surface area contributed by atoms with Crippen molar-refractivity contribution in [1.29, 1.82) is 0 Å². The highest BCUT2D eigenvalue weighted by atomic mass is 79.9. The van der Waals surface area contributed by atoms with Crippen molar-refractivity contribution in [2.24, 2.45) is 0 Å². The third-order valence-corrected chi connectivity index (χ3v) is 4.27. The van der Waals surface area contributed by atoms with Gasteiger partial charge in [0, 0.05) is 25.6 Å². The molecule has 20 heavy (non-hydrogen) atoms. The summed E-state index contributed by atoms with van der Waals surface area (Å²) in [5.74, 6) is 0. The summed E-state index contributed by atoms with van der Waals surface area (Å²) in [6.07, 6.45) is 3.15. The molecule has 4 nitrogen and oxygen atoms in total. The van der Waals surface area contributed by atoms with Gasteiger partial charge in [-0.25, -0.2) is 0 Å². The number of aromatic nitrogens is 2. The Balaban J connectivity index is 2.71. The van der Waals surface area contributed by atoms with Crippen LogP contribution in [-0.4, -0.2) is 35.6 Å². The summed E-state index contributed by atoms with van der Waals surface area (Å²) in [6.45, 7) is 12.0. The summed E-state index contributed by atoms with van der Waals surface area (Å²) in [5, 5.41) is 8.14. The first kappa shape index (κ1) is 17.7. The first-order chi connectivity index (χ1) is 9.63. The summed E-state index contributed by atoms with van der Waals surface area (Å²) in [4.78, 5) is 0.